The van der Waals surface area contributed by atoms with Crippen LogP contribution in [0.5, 0.6) is 0 Å². The van der Waals surface area contributed by atoms with Crippen LogP contribution in [0.1, 0.15) is 11.1 Å². The van der Waals surface area contributed by atoms with Crippen LogP contribution in [0.15, 0.2) is 53.4 Å². The van der Waals surface area contributed by atoms with E-state index < -0.39 is 10.0 Å². The minimum atomic E-state index is -3.66. The molecule has 0 aliphatic carbocycles. The first-order valence-electron chi connectivity index (χ1n) is 6.47. The highest BCUT2D eigenvalue weighted by atomic mass is 127. The number of rotatable bonds is 2. The Kier molecular flexibility index (Phi) is 3.70. The second-order valence-corrected chi connectivity index (χ2v) is 7.83. The van der Waals surface area contributed by atoms with Crippen LogP contribution in [-0.4, -0.2) is 12.4 Å². The number of hydrogen-bond acceptors (Lipinski definition) is 3. The van der Waals surface area contributed by atoms with Gasteiger partial charge in [0, 0.05) is 5.39 Å². The van der Waals surface area contributed by atoms with Gasteiger partial charge in [0.05, 0.1) is 25.7 Å². The summed E-state index contributed by atoms with van der Waals surface area (Å²) in [5.41, 5.74) is 2.09. The van der Waals surface area contributed by atoms with Crippen LogP contribution >= 0.6 is 22.6 Å². The van der Waals surface area contributed by atoms with Crippen LogP contribution in [0.2, 0.25) is 0 Å². The smallest absolute Gasteiger partial charge is 0.228 e. The van der Waals surface area contributed by atoms with E-state index in [4.69, 9.17) is 5.26 Å². The molecule has 0 N–H and O–H groups in total. The minimum absolute atomic E-state index is 0.248. The van der Waals surface area contributed by atoms with E-state index in [1.165, 1.54) is 3.97 Å². The summed E-state index contributed by atoms with van der Waals surface area (Å²) in [6.45, 7) is 1.91. The molecule has 0 bridgehead atoms. The molecule has 0 aliphatic heterocycles. The second-order valence-electron chi connectivity index (χ2n) is 4.93. The predicted molar refractivity (Wildman–Crippen MR) is 93.1 cm³/mol. The minimum Gasteiger partial charge on any atom is -0.228 e. The zero-order valence-electron chi connectivity index (χ0n) is 11.6. The third-order valence-corrected chi connectivity index (χ3v) is 6.27. The lowest BCUT2D eigenvalue weighted by molar-refractivity contribution is 0.588. The zero-order valence-corrected chi connectivity index (χ0v) is 14.6. The molecule has 22 heavy (non-hydrogen) atoms. The first-order valence-corrected chi connectivity index (χ1v) is 8.99. The van der Waals surface area contributed by atoms with Gasteiger partial charge in [-0.25, -0.2) is 12.4 Å². The summed E-state index contributed by atoms with van der Waals surface area (Å²) in [6, 6.07) is 15.6. The van der Waals surface area contributed by atoms with Gasteiger partial charge >= 0.3 is 0 Å². The molecule has 1 aromatic heterocycles. The van der Waals surface area contributed by atoms with Crippen molar-refractivity contribution in [1.82, 2.24) is 3.97 Å². The monoisotopic (exact) mass is 422 g/mol. The number of fused-ring (bicyclic) bond motifs is 1. The van der Waals surface area contributed by atoms with Gasteiger partial charge in [0.15, 0.2) is 0 Å². The van der Waals surface area contributed by atoms with Crippen LogP contribution in [0.25, 0.3) is 10.9 Å². The fourth-order valence-corrected chi connectivity index (χ4v) is 5.06. The molecule has 0 atom stereocenters. The van der Waals surface area contributed by atoms with Crippen LogP contribution in [0, 0.1) is 22.0 Å². The van der Waals surface area contributed by atoms with Gasteiger partial charge in [-0.2, -0.15) is 5.26 Å². The van der Waals surface area contributed by atoms with Crippen molar-refractivity contribution in [3.05, 3.63) is 63.4 Å². The van der Waals surface area contributed by atoms with Crippen molar-refractivity contribution >= 4 is 43.5 Å². The molecule has 0 radical (unpaired) electrons. The van der Waals surface area contributed by atoms with Crippen molar-refractivity contribution in [2.45, 2.75) is 11.8 Å². The van der Waals surface area contributed by atoms with Crippen LogP contribution in [-0.2, 0) is 10.0 Å². The van der Waals surface area contributed by atoms with Crippen molar-refractivity contribution < 1.29 is 8.42 Å². The topological polar surface area (TPSA) is 62.9 Å². The average molecular weight is 422 g/mol. The van der Waals surface area contributed by atoms with Crippen molar-refractivity contribution in [3.8, 4) is 6.07 Å². The summed E-state index contributed by atoms with van der Waals surface area (Å²) in [5, 5.41) is 9.70. The Morgan fingerprint density at radius 1 is 1.09 bits per heavy atom. The number of aromatic nitrogens is 1. The van der Waals surface area contributed by atoms with Gasteiger partial charge < -0.3 is 0 Å². The lowest BCUT2D eigenvalue weighted by atomic mass is 10.2. The van der Waals surface area contributed by atoms with Crippen molar-refractivity contribution in [3.63, 3.8) is 0 Å². The zero-order chi connectivity index (χ0) is 15.9. The normalized spacial score (nSPS) is 11.5. The number of nitrogens with zero attached hydrogens (tertiary/aromatic N) is 2. The lowest BCUT2D eigenvalue weighted by Crippen LogP contribution is -2.14. The standard InChI is InChI=1S/C16H11IN2O2S/c1-11-2-5-14(6-3-11)22(20,21)19-15-7-4-12(10-18)8-13(15)9-16(19)17/h2-9H,1H3. The van der Waals surface area contributed by atoms with Gasteiger partial charge in [-0.05, 0) is 65.9 Å². The Bertz CT molecular complexity index is 1010. The number of hydrogen-bond donors (Lipinski definition) is 0. The van der Waals surface area contributed by atoms with E-state index in [0.717, 1.165) is 10.9 Å². The molecule has 4 nitrogen and oxygen atoms in total. The summed E-state index contributed by atoms with van der Waals surface area (Å²) >= 11 is 2.00. The molecule has 0 fully saturated rings. The number of nitriles is 1. The van der Waals surface area contributed by atoms with Crippen molar-refractivity contribution in [2.24, 2.45) is 0 Å². The van der Waals surface area contributed by atoms with E-state index in [1.54, 1.807) is 48.5 Å². The summed E-state index contributed by atoms with van der Waals surface area (Å²) in [4.78, 5) is 0.248. The molecule has 0 amide bonds. The molecule has 3 aromatic rings. The molecule has 110 valence electrons. The summed E-state index contributed by atoms with van der Waals surface area (Å²) in [6.07, 6.45) is 0. The number of benzene rings is 2. The van der Waals surface area contributed by atoms with E-state index in [0.29, 0.717) is 14.8 Å². The molecule has 2 aromatic carbocycles. The average Bonchev–Trinajstić information content (AvgIpc) is 2.83. The summed E-state index contributed by atoms with van der Waals surface area (Å²) < 4.78 is 27.7. The Labute approximate surface area is 142 Å². The van der Waals surface area contributed by atoms with Gasteiger partial charge in [0.2, 0.25) is 0 Å². The van der Waals surface area contributed by atoms with Gasteiger partial charge in [0.1, 0.15) is 0 Å². The largest absolute Gasteiger partial charge is 0.269 e. The highest BCUT2D eigenvalue weighted by Crippen LogP contribution is 2.27. The van der Waals surface area contributed by atoms with Crippen LogP contribution in [0.3, 0.4) is 0 Å². The molecule has 0 spiro atoms. The van der Waals surface area contributed by atoms with Crippen molar-refractivity contribution in [1.29, 1.82) is 5.26 Å². The maximum atomic E-state index is 12.9. The molecule has 6 heteroatoms. The SMILES string of the molecule is Cc1ccc(S(=O)(=O)n2c(I)cc3cc(C#N)ccc32)cc1. The maximum Gasteiger partial charge on any atom is 0.269 e. The van der Waals surface area contributed by atoms with Gasteiger partial charge in [-0.1, -0.05) is 17.7 Å². The van der Waals surface area contributed by atoms with Gasteiger partial charge in [-0.15, -0.1) is 0 Å². The summed E-state index contributed by atoms with van der Waals surface area (Å²) in [5.74, 6) is 0. The molecule has 0 saturated carbocycles. The molecule has 0 unspecified atom stereocenters. The molecule has 0 saturated heterocycles. The Morgan fingerprint density at radius 2 is 1.77 bits per heavy atom. The Hall–Kier alpha value is -1.85. The number of aryl methyl sites for hydroxylation is 1. The van der Waals surface area contributed by atoms with Gasteiger partial charge in [-0.3, -0.25) is 0 Å². The fraction of sp³-hybridized carbons (Fsp3) is 0.0625. The highest BCUT2D eigenvalue weighted by Gasteiger charge is 2.22. The van der Waals surface area contributed by atoms with Gasteiger partial charge in [0.25, 0.3) is 10.0 Å². The molecule has 1 heterocycles. The third kappa shape index (κ3) is 2.40. The first kappa shape index (κ1) is 15.1. The van der Waals surface area contributed by atoms with Crippen molar-refractivity contribution in [2.75, 3.05) is 0 Å². The fourth-order valence-electron chi connectivity index (χ4n) is 2.29. The van der Waals surface area contributed by atoms with E-state index in [9.17, 15) is 8.42 Å². The van der Waals surface area contributed by atoms with E-state index in [2.05, 4.69) is 6.07 Å². The maximum absolute atomic E-state index is 12.9. The lowest BCUT2D eigenvalue weighted by Gasteiger charge is -2.09. The predicted octanol–water partition coefficient (Wildman–Crippen LogP) is 3.66. The molecule has 0 aliphatic rings. The highest BCUT2D eigenvalue weighted by molar-refractivity contribution is 14.1. The first-order chi connectivity index (χ1) is 10.4. The molecule has 3 rings (SSSR count). The Balaban J connectivity index is 2.27. The second kappa shape index (κ2) is 5.41. The van der Waals surface area contributed by atoms with Crippen LogP contribution in [0.4, 0.5) is 0 Å². The van der Waals surface area contributed by atoms with Crippen LogP contribution < -0.4 is 0 Å². The quantitative estimate of drug-likeness (QED) is 0.593. The van der Waals surface area contributed by atoms with E-state index >= 15 is 0 Å². The third-order valence-electron chi connectivity index (χ3n) is 3.40. The van der Waals surface area contributed by atoms with E-state index in [-0.39, 0.29) is 4.90 Å². The summed E-state index contributed by atoms with van der Waals surface area (Å²) in [7, 11) is -3.66. The molecular formula is C16H11IN2O2S. The number of halogens is 1. The van der Waals surface area contributed by atoms with E-state index in [1.807, 2.05) is 29.5 Å². The Morgan fingerprint density at radius 3 is 2.41 bits per heavy atom. The molecular weight excluding hydrogens is 411 g/mol.